The van der Waals surface area contributed by atoms with Gasteiger partial charge in [-0.25, -0.2) is 8.42 Å². The number of carbonyl (C=O) groups is 1. The predicted molar refractivity (Wildman–Crippen MR) is 74.4 cm³/mol. The van der Waals surface area contributed by atoms with Gasteiger partial charge in [-0.15, -0.1) is 0 Å². The van der Waals surface area contributed by atoms with Crippen molar-refractivity contribution >= 4 is 15.7 Å². The Bertz CT molecular complexity index is 435. The van der Waals surface area contributed by atoms with Gasteiger partial charge in [0.05, 0.1) is 5.75 Å². The van der Waals surface area contributed by atoms with E-state index in [1.807, 2.05) is 0 Å². The van der Waals surface area contributed by atoms with Crippen molar-refractivity contribution in [2.45, 2.75) is 50.3 Å². The van der Waals surface area contributed by atoms with Crippen molar-refractivity contribution in [1.29, 1.82) is 0 Å². The number of piperidine rings is 1. The Kier molecular flexibility index (Phi) is 4.50. The van der Waals surface area contributed by atoms with Crippen LogP contribution in [-0.2, 0) is 14.6 Å². The Morgan fingerprint density at radius 2 is 2.00 bits per heavy atom. The summed E-state index contributed by atoms with van der Waals surface area (Å²) >= 11 is 0. The molecule has 0 saturated carbocycles. The van der Waals surface area contributed by atoms with Gasteiger partial charge in [-0.1, -0.05) is 13.3 Å². The van der Waals surface area contributed by atoms with Gasteiger partial charge in [0.25, 0.3) is 0 Å². The van der Waals surface area contributed by atoms with Crippen LogP contribution >= 0.6 is 0 Å². The summed E-state index contributed by atoms with van der Waals surface area (Å²) in [5.41, 5.74) is 5.78. The maximum absolute atomic E-state index is 12.6. The Morgan fingerprint density at radius 1 is 1.26 bits per heavy atom. The molecule has 0 radical (unpaired) electrons. The van der Waals surface area contributed by atoms with Gasteiger partial charge in [0.1, 0.15) is 5.25 Å². The number of rotatable bonds is 2. The second-order valence-corrected chi connectivity index (χ2v) is 8.11. The predicted octanol–water partition coefficient (Wildman–Crippen LogP) is 0.540. The monoisotopic (exact) mass is 288 g/mol. The summed E-state index contributed by atoms with van der Waals surface area (Å²) < 4.78 is 24.1. The summed E-state index contributed by atoms with van der Waals surface area (Å²) in [5.74, 6) is 0.302. The minimum absolute atomic E-state index is 0.00150. The number of nitrogens with two attached hydrogens (primary N) is 1. The molecule has 2 saturated heterocycles. The standard InChI is InChI=1S/C13H24N2O3S/c1-10-5-4-7-15(11(10)9-14)13(16)12-6-2-3-8-19(12,17)18/h10-12H,2-9,14H2,1H3. The molecule has 3 unspecified atom stereocenters. The quantitative estimate of drug-likeness (QED) is 0.804. The van der Waals surface area contributed by atoms with Gasteiger partial charge in [-0.05, 0) is 31.6 Å². The SMILES string of the molecule is CC1CCCN(C(=O)C2CCCCS2(=O)=O)C1CN. The van der Waals surface area contributed by atoms with Crippen LogP contribution in [0.1, 0.15) is 39.0 Å². The van der Waals surface area contributed by atoms with Crippen LogP contribution in [0.2, 0.25) is 0 Å². The van der Waals surface area contributed by atoms with Crippen LogP contribution < -0.4 is 5.73 Å². The van der Waals surface area contributed by atoms with E-state index >= 15 is 0 Å². The van der Waals surface area contributed by atoms with Crippen LogP contribution in [0.4, 0.5) is 0 Å². The zero-order chi connectivity index (χ0) is 14.0. The molecule has 110 valence electrons. The molecule has 0 bridgehead atoms. The number of carbonyl (C=O) groups excluding carboxylic acids is 1. The number of sulfone groups is 1. The Labute approximate surface area is 115 Å². The molecule has 6 heteroatoms. The Balaban J connectivity index is 2.17. The summed E-state index contributed by atoms with van der Waals surface area (Å²) in [6.45, 7) is 3.16. The second-order valence-electron chi connectivity index (χ2n) is 5.81. The third kappa shape index (κ3) is 2.94. The van der Waals surface area contributed by atoms with Crippen LogP contribution in [0.15, 0.2) is 0 Å². The van der Waals surface area contributed by atoms with Crippen molar-refractivity contribution in [2.24, 2.45) is 11.7 Å². The fourth-order valence-electron chi connectivity index (χ4n) is 3.30. The molecular weight excluding hydrogens is 264 g/mol. The second kappa shape index (κ2) is 5.79. The number of likely N-dealkylation sites (tertiary alicyclic amines) is 1. The molecule has 0 spiro atoms. The molecule has 0 aliphatic carbocycles. The van der Waals surface area contributed by atoms with E-state index in [0.717, 1.165) is 19.3 Å². The lowest BCUT2D eigenvalue weighted by atomic mass is 9.90. The minimum Gasteiger partial charge on any atom is -0.337 e. The first kappa shape index (κ1) is 14.8. The number of amides is 1. The Morgan fingerprint density at radius 3 is 2.63 bits per heavy atom. The van der Waals surface area contributed by atoms with Crippen molar-refractivity contribution in [3.8, 4) is 0 Å². The van der Waals surface area contributed by atoms with E-state index in [1.54, 1.807) is 4.90 Å². The first-order valence-corrected chi connectivity index (χ1v) is 8.91. The largest absolute Gasteiger partial charge is 0.337 e. The smallest absolute Gasteiger partial charge is 0.241 e. The van der Waals surface area contributed by atoms with Gasteiger partial charge in [-0.2, -0.15) is 0 Å². The topological polar surface area (TPSA) is 80.5 Å². The fraction of sp³-hybridized carbons (Fsp3) is 0.923. The average Bonchev–Trinajstić information content (AvgIpc) is 2.37. The Hall–Kier alpha value is -0.620. The molecule has 2 aliphatic rings. The molecule has 0 aromatic heterocycles. The molecule has 2 rings (SSSR count). The highest BCUT2D eigenvalue weighted by atomic mass is 32.2. The molecule has 2 heterocycles. The number of hydrogen-bond acceptors (Lipinski definition) is 4. The van der Waals surface area contributed by atoms with Crippen LogP contribution in [0.25, 0.3) is 0 Å². The normalized spacial score (nSPS) is 35.1. The highest BCUT2D eigenvalue weighted by Crippen LogP contribution is 2.27. The molecule has 1 amide bonds. The summed E-state index contributed by atoms with van der Waals surface area (Å²) in [6.07, 6.45) is 3.98. The molecule has 0 aromatic rings. The molecule has 3 atom stereocenters. The van der Waals surface area contributed by atoms with Crippen molar-refractivity contribution in [2.75, 3.05) is 18.8 Å². The molecule has 2 aliphatic heterocycles. The number of hydrogen-bond donors (Lipinski definition) is 1. The maximum atomic E-state index is 12.6. The lowest BCUT2D eigenvalue weighted by Gasteiger charge is -2.41. The van der Waals surface area contributed by atoms with Crippen molar-refractivity contribution in [1.82, 2.24) is 4.90 Å². The lowest BCUT2D eigenvalue weighted by molar-refractivity contribution is -0.135. The van der Waals surface area contributed by atoms with E-state index in [1.165, 1.54) is 0 Å². The van der Waals surface area contributed by atoms with Gasteiger partial charge in [0.15, 0.2) is 9.84 Å². The summed E-state index contributed by atoms with van der Waals surface area (Å²) in [4.78, 5) is 14.3. The zero-order valence-electron chi connectivity index (χ0n) is 11.5. The van der Waals surface area contributed by atoms with E-state index in [9.17, 15) is 13.2 Å². The minimum atomic E-state index is -3.25. The third-order valence-corrected chi connectivity index (χ3v) is 6.66. The van der Waals surface area contributed by atoms with Crippen LogP contribution in [0, 0.1) is 5.92 Å². The molecule has 5 nitrogen and oxygen atoms in total. The van der Waals surface area contributed by atoms with E-state index in [-0.39, 0.29) is 17.7 Å². The van der Waals surface area contributed by atoms with Gasteiger partial charge in [0.2, 0.25) is 5.91 Å². The first-order valence-electron chi connectivity index (χ1n) is 7.19. The molecule has 0 aromatic carbocycles. The summed E-state index contributed by atoms with van der Waals surface area (Å²) in [7, 11) is -3.25. The average molecular weight is 288 g/mol. The summed E-state index contributed by atoms with van der Waals surface area (Å²) in [5, 5.41) is -0.819. The van der Waals surface area contributed by atoms with E-state index in [2.05, 4.69) is 6.92 Å². The molecular formula is C13H24N2O3S. The van der Waals surface area contributed by atoms with Crippen molar-refractivity contribution < 1.29 is 13.2 Å². The van der Waals surface area contributed by atoms with E-state index in [0.29, 0.717) is 31.8 Å². The van der Waals surface area contributed by atoms with Crippen LogP contribution in [-0.4, -0.2) is 49.4 Å². The van der Waals surface area contributed by atoms with Gasteiger partial charge < -0.3 is 10.6 Å². The fourth-order valence-corrected chi connectivity index (χ4v) is 5.16. The maximum Gasteiger partial charge on any atom is 0.241 e. The van der Waals surface area contributed by atoms with E-state index < -0.39 is 15.1 Å². The van der Waals surface area contributed by atoms with Crippen LogP contribution in [0.5, 0.6) is 0 Å². The van der Waals surface area contributed by atoms with Gasteiger partial charge >= 0.3 is 0 Å². The van der Waals surface area contributed by atoms with Crippen LogP contribution in [0.3, 0.4) is 0 Å². The van der Waals surface area contributed by atoms with Crippen molar-refractivity contribution in [3.63, 3.8) is 0 Å². The third-order valence-electron chi connectivity index (χ3n) is 4.49. The zero-order valence-corrected chi connectivity index (χ0v) is 12.4. The number of nitrogens with zero attached hydrogens (tertiary/aromatic N) is 1. The summed E-state index contributed by atoms with van der Waals surface area (Å²) in [6, 6.07) is -0.00150. The van der Waals surface area contributed by atoms with E-state index in [4.69, 9.17) is 5.73 Å². The van der Waals surface area contributed by atoms with Gasteiger partial charge in [0, 0.05) is 19.1 Å². The first-order chi connectivity index (χ1) is 8.97. The molecule has 2 fully saturated rings. The molecule has 19 heavy (non-hydrogen) atoms. The molecule has 2 N–H and O–H groups in total. The van der Waals surface area contributed by atoms with Gasteiger partial charge in [-0.3, -0.25) is 4.79 Å². The lowest BCUT2D eigenvalue weighted by Crippen LogP contribution is -2.56. The highest BCUT2D eigenvalue weighted by molar-refractivity contribution is 7.92. The highest BCUT2D eigenvalue weighted by Gasteiger charge is 2.41. The van der Waals surface area contributed by atoms with Crippen molar-refractivity contribution in [3.05, 3.63) is 0 Å².